The predicted octanol–water partition coefficient (Wildman–Crippen LogP) is 3.51. The molecule has 0 saturated carbocycles. The summed E-state index contributed by atoms with van der Waals surface area (Å²) in [5.41, 5.74) is 7.63. The standard InChI is InChI=1S/C20H20N6O4/c1-12-4-7-15(10-13(12)2)23-18-17(26(28)29)19(22-11-21-18)24-25-20(27)14-5-8-16(30-3)9-6-14/h4-11H,1-3H3,(H,25,27)(H2,21,22,23,24). The second kappa shape index (κ2) is 8.86. The minimum atomic E-state index is -0.620. The normalized spacial score (nSPS) is 10.2. The molecule has 0 atom stereocenters. The minimum Gasteiger partial charge on any atom is -0.497 e. The van der Waals surface area contributed by atoms with Gasteiger partial charge in [0.1, 0.15) is 12.1 Å². The van der Waals surface area contributed by atoms with E-state index in [0.29, 0.717) is 17.0 Å². The van der Waals surface area contributed by atoms with Crippen LogP contribution in [0.25, 0.3) is 0 Å². The number of amides is 1. The average molecular weight is 408 g/mol. The Kier molecular flexibility index (Phi) is 6.06. The summed E-state index contributed by atoms with van der Waals surface area (Å²) < 4.78 is 5.05. The number of anilines is 3. The van der Waals surface area contributed by atoms with Crippen molar-refractivity contribution in [3.05, 3.63) is 75.6 Å². The number of hydrazine groups is 1. The summed E-state index contributed by atoms with van der Waals surface area (Å²) in [5.74, 6) is -0.0371. The molecule has 0 fully saturated rings. The summed E-state index contributed by atoms with van der Waals surface area (Å²) in [6.45, 7) is 3.91. The lowest BCUT2D eigenvalue weighted by atomic mass is 10.1. The van der Waals surface area contributed by atoms with Crippen LogP contribution in [0.15, 0.2) is 48.8 Å². The van der Waals surface area contributed by atoms with Gasteiger partial charge in [-0.2, -0.15) is 0 Å². The molecular formula is C20H20N6O4. The first-order valence-corrected chi connectivity index (χ1v) is 8.93. The summed E-state index contributed by atoms with van der Waals surface area (Å²) in [6.07, 6.45) is 1.16. The van der Waals surface area contributed by atoms with Gasteiger partial charge in [0.25, 0.3) is 5.91 Å². The number of nitro groups is 1. The van der Waals surface area contributed by atoms with Crippen molar-refractivity contribution >= 4 is 28.9 Å². The third kappa shape index (κ3) is 4.61. The predicted molar refractivity (Wildman–Crippen MR) is 112 cm³/mol. The van der Waals surface area contributed by atoms with Crippen molar-refractivity contribution in [3.63, 3.8) is 0 Å². The van der Waals surface area contributed by atoms with Crippen LogP contribution in [0.4, 0.5) is 23.0 Å². The number of hydrogen-bond donors (Lipinski definition) is 3. The first kappa shape index (κ1) is 20.5. The summed E-state index contributed by atoms with van der Waals surface area (Å²) in [6, 6.07) is 12.0. The number of hydrogen-bond acceptors (Lipinski definition) is 8. The maximum atomic E-state index is 12.3. The van der Waals surface area contributed by atoms with Crippen LogP contribution in [0.1, 0.15) is 21.5 Å². The van der Waals surface area contributed by atoms with Crippen molar-refractivity contribution in [2.24, 2.45) is 0 Å². The Morgan fingerprint density at radius 2 is 1.73 bits per heavy atom. The second-order valence-corrected chi connectivity index (χ2v) is 6.41. The quantitative estimate of drug-likeness (QED) is 0.400. The number of carbonyl (C=O) groups is 1. The summed E-state index contributed by atoms with van der Waals surface area (Å²) >= 11 is 0. The molecule has 3 N–H and O–H groups in total. The Balaban J connectivity index is 1.80. The molecule has 1 aromatic heterocycles. The fourth-order valence-corrected chi connectivity index (χ4v) is 2.62. The van der Waals surface area contributed by atoms with Crippen molar-refractivity contribution in [1.82, 2.24) is 15.4 Å². The maximum Gasteiger partial charge on any atom is 0.355 e. The number of rotatable bonds is 7. The van der Waals surface area contributed by atoms with Gasteiger partial charge in [-0.25, -0.2) is 9.97 Å². The molecule has 0 radical (unpaired) electrons. The van der Waals surface area contributed by atoms with Gasteiger partial charge < -0.3 is 10.1 Å². The summed E-state index contributed by atoms with van der Waals surface area (Å²) in [4.78, 5) is 31.2. The molecule has 3 rings (SSSR count). The highest BCUT2D eigenvalue weighted by molar-refractivity contribution is 5.95. The van der Waals surface area contributed by atoms with E-state index in [1.165, 1.54) is 7.11 Å². The zero-order valence-corrected chi connectivity index (χ0v) is 16.6. The van der Waals surface area contributed by atoms with Gasteiger partial charge >= 0.3 is 5.69 Å². The van der Waals surface area contributed by atoms with Gasteiger partial charge in [0, 0.05) is 11.3 Å². The van der Waals surface area contributed by atoms with E-state index in [9.17, 15) is 14.9 Å². The first-order chi connectivity index (χ1) is 14.4. The Labute approximate surface area is 172 Å². The minimum absolute atomic E-state index is 0.000510. The second-order valence-electron chi connectivity index (χ2n) is 6.41. The molecule has 2 aromatic carbocycles. The van der Waals surface area contributed by atoms with Crippen molar-refractivity contribution in [1.29, 1.82) is 0 Å². The molecule has 0 spiro atoms. The third-order valence-electron chi connectivity index (χ3n) is 4.42. The fourth-order valence-electron chi connectivity index (χ4n) is 2.62. The summed E-state index contributed by atoms with van der Waals surface area (Å²) in [5, 5.41) is 14.6. The van der Waals surface area contributed by atoms with E-state index in [-0.39, 0.29) is 11.6 Å². The van der Waals surface area contributed by atoms with Crippen LogP contribution in [0.2, 0.25) is 0 Å². The number of methoxy groups -OCH3 is 1. The Morgan fingerprint density at radius 3 is 2.37 bits per heavy atom. The van der Waals surface area contributed by atoms with Crippen LogP contribution in [0, 0.1) is 24.0 Å². The molecule has 1 amide bonds. The number of aryl methyl sites for hydroxylation is 2. The van der Waals surface area contributed by atoms with Gasteiger partial charge in [-0.05, 0) is 61.4 Å². The SMILES string of the molecule is COc1ccc(C(=O)NNc2ncnc(Nc3ccc(C)c(C)c3)c2[N+](=O)[O-])cc1. The van der Waals surface area contributed by atoms with E-state index in [1.807, 2.05) is 26.0 Å². The number of nitrogens with zero attached hydrogens (tertiary/aromatic N) is 3. The fraction of sp³-hybridized carbons (Fsp3) is 0.150. The molecule has 0 saturated heterocycles. The number of aromatic nitrogens is 2. The van der Waals surface area contributed by atoms with Gasteiger partial charge in [-0.3, -0.25) is 25.8 Å². The van der Waals surface area contributed by atoms with Crippen LogP contribution >= 0.6 is 0 Å². The third-order valence-corrected chi connectivity index (χ3v) is 4.42. The molecule has 30 heavy (non-hydrogen) atoms. The Morgan fingerprint density at radius 1 is 1.03 bits per heavy atom. The maximum absolute atomic E-state index is 12.3. The number of nitrogens with one attached hydrogen (secondary N) is 3. The molecule has 10 heteroatoms. The molecule has 0 aliphatic carbocycles. The first-order valence-electron chi connectivity index (χ1n) is 8.93. The van der Waals surface area contributed by atoms with E-state index in [0.717, 1.165) is 17.5 Å². The smallest absolute Gasteiger partial charge is 0.355 e. The van der Waals surface area contributed by atoms with E-state index >= 15 is 0 Å². The average Bonchev–Trinajstić information content (AvgIpc) is 2.74. The van der Waals surface area contributed by atoms with E-state index in [2.05, 4.69) is 26.1 Å². The highest BCUT2D eigenvalue weighted by Crippen LogP contribution is 2.31. The number of benzene rings is 2. The van der Waals surface area contributed by atoms with E-state index in [4.69, 9.17) is 4.74 Å². The lowest BCUT2D eigenvalue weighted by Gasteiger charge is -2.12. The molecule has 3 aromatic rings. The Bertz CT molecular complexity index is 1090. The number of carbonyl (C=O) groups excluding carboxylic acids is 1. The topological polar surface area (TPSA) is 131 Å². The molecule has 0 unspecified atom stereocenters. The molecular weight excluding hydrogens is 388 g/mol. The summed E-state index contributed by atoms with van der Waals surface area (Å²) in [7, 11) is 1.52. The molecule has 154 valence electrons. The van der Waals surface area contributed by atoms with Gasteiger partial charge in [-0.1, -0.05) is 6.07 Å². The van der Waals surface area contributed by atoms with Crippen molar-refractivity contribution in [3.8, 4) is 5.75 Å². The highest BCUT2D eigenvalue weighted by Gasteiger charge is 2.24. The van der Waals surface area contributed by atoms with Gasteiger partial charge in [0.05, 0.1) is 12.0 Å². The largest absolute Gasteiger partial charge is 0.497 e. The van der Waals surface area contributed by atoms with Crippen molar-refractivity contribution in [2.75, 3.05) is 17.9 Å². The van der Waals surface area contributed by atoms with Gasteiger partial charge in [-0.15, -0.1) is 0 Å². The van der Waals surface area contributed by atoms with Crippen LogP contribution < -0.4 is 20.9 Å². The van der Waals surface area contributed by atoms with Crippen molar-refractivity contribution < 1.29 is 14.5 Å². The molecule has 1 heterocycles. The zero-order chi connectivity index (χ0) is 21.7. The van der Waals surface area contributed by atoms with Crippen LogP contribution in [-0.2, 0) is 0 Å². The van der Waals surface area contributed by atoms with Gasteiger partial charge in [0.15, 0.2) is 0 Å². The van der Waals surface area contributed by atoms with Crippen LogP contribution in [0.5, 0.6) is 5.75 Å². The zero-order valence-electron chi connectivity index (χ0n) is 16.6. The van der Waals surface area contributed by atoms with Crippen LogP contribution in [-0.4, -0.2) is 27.9 Å². The number of ether oxygens (including phenoxy) is 1. The van der Waals surface area contributed by atoms with Crippen LogP contribution in [0.3, 0.4) is 0 Å². The molecule has 0 aliphatic heterocycles. The molecule has 10 nitrogen and oxygen atoms in total. The van der Waals surface area contributed by atoms with Crippen molar-refractivity contribution in [2.45, 2.75) is 13.8 Å². The molecule has 0 aliphatic rings. The van der Waals surface area contributed by atoms with E-state index < -0.39 is 16.5 Å². The highest BCUT2D eigenvalue weighted by atomic mass is 16.6. The van der Waals surface area contributed by atoms with Gasteiger partial charge in [0.2, 0.25) is 11.6 Å². The monoisotopic (exact) mass is 408 g/mol. The lowest BCUT2D eigenvalue weighted by molar-refractivity contribution is -0.383. The Hall–Kier alpha value is -4.21. The molecule has 0 bridgehead atoms. The van der Waals surface area contributed by atoms with E-state index in [1.54, 1.807) is 30.3 Å². The lowest BCUT2D eigenvalue weighted by Crippen LogP contribution is -2.30.